The Balaban J connectivity index is 2.32. The molecule has 0 aliphatic rings. The fraction of sp³-hybridized carbons (Fsp3) is 0.500. The fourth-order valence-corrected chi connectivity index (χ4v) is 1.69. The molecule has 0 amide bonds. The third kappa shape index (κ3) is 4.78. The van der Waals surface area contributed by atoms with Gasteiger partial charge in [-0.2, -0.15) is 0 Å². The number of aliphatic hydroxyl groups is 1. The van der Waals surface area contributed by atoms with Crippen molar-refractivity contribution in [2.24, 2.45) is 5.92 Å². The van der Waals surface area contributed by atoms with Crippen LogP contribution in [0.3, 0.4) is 0 Å². The maximum atomic E-state index is 9.59. The molecule has 0 heterocycles. The van der Waals surface area contributed by atoms with Crippen LogP contribution >= 0.6 is 15.9 Å². The van der Waals surface area contributed by atoms with Gasteiger partial charge in [0.15, 0.2) is 0 Å². The van der Waals surface area contributed by atoms with Gasteiger partial charge in [-0.15, -0.1) is 0 Å². The maximum Gasteiger partial charge on any atom is 0.0687 e. The number of rotatable bonds is 5. The second-order valence-corrected chi connectivity index (χ2v) is 4.99. The van der Waals surface area contributed by atoms with E-state index in [1.54, 1.807) is 0 Å². The normalized spacial score (nSPS) is 13.1. The van der Waals surface area contributed by atoms with Gasteiger partial charge in [0.2, 0.25) is 0 Å². The zero-order chi connectivity index (χ0) is 11.3. The summed E-state index contributed by atoms with van der Waals surface area (Å²) < 4.78 is 1.09. The standard InChI is InChI=1S/C12H18BrNO/c1-9(2)12(15)8-14-7-10-4-3-5-11(13)6-10/h3-6,9,12,14-15H,7-8H2,1-2H3. The summed E-state index contributed by atoms with van der Waals surface area (Å²) in [6.45, 7) is 5.48. The average Bonchev–Trinajstić information content (AvgIpc) is 2.17. The maximum absolute atomic E-state index is 9.59. The molecule has 0 bridgehead atoms. The minimum Gasteiger partial charge on any atom is -0.392 e. The van der Waals surface area contributed by atoms with Gasteiger partial charge >= 0.3 is 0 Å². The van der Waals surface area contributed by atoms with Crippen LogP contribution in [0.5, 0.6) is 0 Å². The first-order chi connectivity index (χ1) is 7.09. The molecule has 1 aromatic carbocycles. The van der Waals surface area contributed by atoms with Gasteiger partial charge in [-0.1, -0.05) is 41.9 Å². The molecular weight excluding hydrogens is 254 g/mol. The lowest BCUT2D eigenvalue weighted by Gasteiger charge is -2.15. The summed E-state index contributed by atoms with van der Waals surface area (Å²) in [6.07, 6.45) is -0.267. The van der Waals surface area contributed by atoms with Gasteiger partial charge in [-0.3, -0.25) is 0 Å². The van der Waals surface area contributed by atoms with E-state index in [4.69, 9.17) is 0 Å². The first kappa shape index (κ1) is 12.7. The van der Waals surface area contributed by atoms with Crippen LogP contribution < -0.4 is 5.32 Å². The van der Waals surface area contributed by atoms with E-state index in [0.29, 0.717) is 12.5 Å². The van der Waals surface area contributed by atoms with Crippen LogP contribution in [0.25, 0.3) is 0 Å². The first-order valence-corrected chi connectivity index (χ1v) is 6.02. The summed E-state index contributed by atoms with van der Waals surface area (Å²) in [5, 5.41) is 12.8. The Labute approximate surface area is 99.8 Å². The highest BCUT2D eigenvalue weighted by Crippen LogP contribution is 2.11. The SMILES string of the molecule is CC(C)C(O)CNCc1cccc(Br)c1. The van der Waals surface area contributed by atoms with Crippen LogP contribution in [0.1, 0.15) is 19.4 Å². The van der Waals surface area contributed by atoms with Crippen LogP contribution in [-0.4, -0.2) is 17.8 Å². The minimum absolute atomic E-state index is 0.267. The molecule has 84 valence electrons. The Bertz CT molecular complexity index is 301. The molecule has 15 heavy (non-hydrogen) atoms. The highest BCUT2D eigenvalue weighted by atomic mass is 79.9. The summed E-state index contributed by atoms with van der Waals surface area (Å²) in [7, 11) is 0. The summed E-state index contributed by atoms with van der Waals surface area (Å²) in [4.78, 5) is 0. The van der Waals surface area contributed by atoms with Gasteiger partial charge in [-0.25, -0.2) is 0 Å². The van der Waals surface area contributed by atoms with E-state index in [-0.39, 0.29) is 6.10 Å². The topological polar surface area (TPSA) is 32.3 Å². The zero-order valence-electron chi connectivity index (χ0n) is 9.20. The summed E-state index contributed by atoms with van der Waals surface area (Å²) in [5.41, 5.74) is 1.22. The Hall–Kier alpha value is -0.380. The van der Waals surface area contributed by atoms with E-state index in [0.717, 1.165) is 11.0 Å². The van der Waals surface area contributed by atoms with Gasteiger partial charge in [0.1, 0.15) is 0 Å². The predicted octanol–water partition coefficient (Wildman–Crippen LogP) is 2.56. The lowest BCUT2D eigenvalue weighted by Crippen LogP contribution is -2.30. The first-order valence-electron chi connectivity index (χ1n) is 5.23. The van der Waals surface area contributed by atoms with Crippen molar-refractivity contribution >= 4 is 15.9 Å². The molecule has 3 heteroatoms. The molecule has 1 rings (SSSR count). The molecule has 0 saturated heterocycles. The molecule has 1 atom stereocenters. The van der Waals surface area contributed by atoms with Crippen molar-refractivity contribution in [2.45, 2.75) is 26.5 Å². The Morgan fingerprint density at radius 1 is 1.40 bits per heavy atom. The van der Waals surface area contributed by atoms with Crippen molar-refractivity contribution < 1.29 is 5.11 Å². The molecule has 0 spiro atoms. The second-order valence-electron chi connectivity index (χ2n) is 4.07. The summed E-state index contributed by atoms with van der Waals surface area (Å²) in [5.74, 6) is 0.306. The molecule has 0 radical (unpaired) electrons. The van der Waals surface area contributed by atoms with Gasteiger partial charge in [-0.05, 0) is 23.6 Å². The summed E-state index contributed by atoms with van der Waals surface area (Å²) >= 11 is 3.43. The number of nitrogens with one attached hydrogen (secondary N) is 1. The smallest absolute Gasteiger partial charge is 0.0687 e. The van der Waals surface area contributed by atoms with Crippen LogP contribution in [0.4, 0.5) is 0 Å². The van der Waals surface area contributed by atoms with Crippen molar-refractivity contribution in [1.82, 2.24) is 5.32 Å². The number of aliphatic hydroxyl groups excluding tert-OH is 1. The average molecular weight is 272 g/mol. The van der Waals surface area contributed by atoms with Crippen molar-refractivity contribution in [3.05, 3.63) is 34.3 Å². The molecule has 0 saturated carbocycles. The Morgan fingerprint density at radius 2 is 2.13 bits per heavy atom. The molecule has 2 nitrogen and oxygen atoms in total. The Morgan fingerprint density at radius 3 is 2.73 bits per heavy atom. The van der Waals surface area contributed by atoms with Crippen LogP contribution in [0.15, 0.2) is 28.7 Å². The van der Waals surface area contributed by atoms with E-state index >= 15 is 0 Å². The molecular formula is C12H18BrNO. The van der Waals surface area contributed by atoms with Crippen molar-refractivity contribution in [3.8, 4) is 0 Å². The third-order valence-corrected chi connectivity index (χ3v) is 2.83. The second kappa shape index (κ2) is 6.26. The number of benzene rings is 1. The monoisotopic (exact) mass is 271 g/mol. The number of hydrogen-bond donors (Lipinski definition) is 2. The third-order valence-electron chi connectivity index (χ3n) is 2.34. The Kier molecular flexibility index (Phi) is 5.29. The molecule has 0 aromatic heterocycles. The van der Waals surface area contributed by atoms with Gasteiger partial charge in [0.25, 0.3) is 0 Å². The molecule has 0 fully saturated rings. The number of halogens is 1. The van der Waals surface area contributed by atoms with E-state index in [2.05, 4.69) is 33.4 Å². The highest BCUT2D eigenvalue weighted by Gasteiger charge is 2.07. The lowest BCUT2D eigenvalue weighted by atomic mass is 10.1. The zero-order valence-corrected chi connectivity index (χ0v) is 10.8. The van der Waals surface area contributed by atoms with Crippen molar-refractivity contribution in [3.63, 3.8) is 0 Å². The van der Waals surface area contributed by atoms with Crippen LogP contribution in [-0.2, 0) is 6.54 Å². The fourth-order valence-electron chi connectivity index (χ4n) is 1.25. The van der Waals surface area contributed by atoms with Crippen LogP contribution in [0.2, 0.25) is 0 Å². The molecule has 0 aliphatic heterocycles. The van der Waals surface area contributed by atoms with Gasteiger partial charge in [0, 0.05) is 17.6 Å². The lowest BCUT2D eigenvalue weighted by molar-refractivity contribution is 0.123. The van der Waals surface area contributed by atoms with Crippen LogP contribution in [0, 0.1) is 5.92 Å². The minimum atomic E-state index is -0.267. The van der Waals surface area contributed by atoms with E-state index in [9.17, 15) is 5.11 Å². The predicted molar refractivity (Wildman–Crippen MR) is 66.7 cm³/mol. The number of hydrogen-bond acceptors (Lipinski definition) is 2. The summed E-state index contributed by atoms with van der Waals surface area (Å²) in [6, 6.07) is 8.17. The molecule has 1 unspecified atom stereocenters. The molecule has 2 N–H and O–H groups in total. The van der Waals surface area contributed by atoms with Crippen molar-refractivity contribution in [1.29, 1.82) is 0 Å². The van der Waals surface area contributed by atoms with E-state index in [1.807, 2.05) is 26.0 Å². The van der Waals surface area contributed by atoms with Crippen molar-refractivity contribution in [2.75, 3.05) is 6.54 Å². The quantitative estimate of drug-likeness (QED) is 0.863. The highest BCUT2D eigenvalue weighted by molar-refractivity contribution is 9.10. The van der Waals surface area contributed by atoms with E-state index in [1.165, 1.54) is 5.56 Å². The molecule has 0 aliphatic carbocycles. The van der Waals surface area contributed by atoms with Gasteiger partial charge < -0.3 is 10.4 Å². The molecule has 1 aromatic rings. The largest absolute Gasteiger partial charge is 0.392 e. The van der Waals surface area contributed by atoms with Gasteiger partial charge in [0.05, 0.1) is 6.10 Å². The van der Waals surface area contributed by atoms with E-state index < -0.39 is 0 Å².